The summed E-state index contributed by atoms with van der Waals surface area (Å²) in [7, 11) is -0.890. The second kappa shape index (κ2) is 10.2. The normalized spacial score (nSPS) is 12.0. The maximum absolute atomic E-state index is 12.7. The van der Waals surface area contributed by atoms with Crippen LogP contribution in [0.3, 0.4) is 0 Å². The number of sulfonamides is 1. The summed E-state index contributed by atoms with van der Waals surface area (Å²) in [4.78, 5) is 12.7. The molecular weight excluding hydrogens is 408 g/mol. The Morgan fingerprint density at radius 3 is 2.27 bits per heavy atom. The first-order chi connectivity index (χ1) is 14.2. The van der Waals surface area contributed by atoms with Crippen LogP contribution in [0.5, 0.6) is 17.2 Å². The number of rotatable bonds is 10. The highest BCUT2D eigenvalue weighted by Gasteiger charge is 2.31. The summed E-state index contributed by atoms with van der Waals surface area (Å²) in [6, 6.07) is 11.3. The summed E-state index contributed by atoms with van der Waals surface area (Å²) in [5.74, 6) is 0.988. The van der Waals surface area contributed by atoms with Gasteiger partial charge in [0, 0.05) is 6.07 Å². The lowest BCUT2D eigenvalue weighted by Crippen LogP contribution is -2.48. The summed E-state index contributed by atoms with van der Waals surface area (Å²) < 4.78 is 42.1. The fraction of sp³-hybridized carbons (Fsp3) is 0.381. The second-order valence-corrected chi connectivity index (χ2v) is 8.58. The summed E-state index contributed by atoms with van der Waals surface area (Å²) in [6.07, 6.45) is 1.04. The van der Waals surface area contributed by atoms with Crippen LogP contribution in [0, 0.1) is 6.92 Å². The molecule has 2 rings (SSSR count). The van der Waals surface area contributed by atoms with Crippen molar-refractivity contribution in [3.8, 4) is 17.2 Å². The van der Waals surface area contributed by atoms with E-state index in [9.17, 15) is 13.2 Å². The molecule has 0 aliphatic heterocycles. The number of hydrogen-bond acceptors (Lipinski definition) is 6. The molecule has 1 atom stereocenters. The van der Waals surface area contributed by atoms with Gasteiger partial charge in [-0.25, -0.2) is 8.42 Å². The van der Waals surface area contributed by atoms with Crippen LogP contribution in [0.25, 0.3) is 0 Å². The zero-order valence-electron chi connectivity index (χ0n) is 17.8. The van der Waals surface area contributed by atoms with E-state index in [4.69, 9.17) is 14.2 Å². The molecule has 9 heteroatoms. The largest absolute Gasteiger partial charge is 0.497 e. The molecule has 30 heavy (non-hydrogen) atoms. The molecule has 0 spiro atoms. The highest BCUT2D eigenvalue weighted by Crippen LogP contribution is 2.35. The van der Waals surface area contributed by atoms with Crippen LogP contribution in [0.2, 0.25) is 0 Å². The molecule has 1 N–H and O–H groups in total. The molecule has 0 heterocycles. The van der Waals surface area contributed by atoms with Gasteiger partial charge >= 0.3 is 0 Å². The molecule has 2 aromatic carbocycles. The number of hydrogen-bond donors (Lipinski definition) is 1. The van der Waals surface area contributed by atoms with Crippen molar-refractivity contribution in [3.05, 3.63) is 48.0 Å². The minimum absolute atomic E-state index is 0.220. The van der Waals surface area contributed by atoms with Gasteiger partial charge in [-0.2, -0.15) is 0 Å². The number of aryl methyl sites for hydroxylation is 1. The van der Waals surface area contributed by atoms with Crippen LogP contribution in [0.1, 0.15) is 12.5 Å². The van der Waals surface area contributed by atoms with E-state index < -0.39 is 22.0 Å². The lowest BCUT2D eigenvalue weighted by molar-refractivity contribution is -0.121. The van der Waals surface area contributed by atoms with E-state index in [1.807, 2.05) is 31.2 Å². The Hall–Kier alpha value is -2.94. The van der Waals surface area contributed by atoms with Gasteiger partial charge in [-0.05, 0) is 38.1 Å². The third-order valence-corrected chi connectivity index (χ3v) is 5.63. The maximum atomic E-state index is 12.7. The number of carbonyl (C=O) groups excluding carboxylic acids is 1. The first kappa shape index (κ1) is 23.3. The number of methoxy groups -OCH3 is 2. The molecule has 0 bridgehead atoms. The van der Waals surface area contributed by atoms with Crippen molar-refractivity contribution in [3.63, 3.8) is 0 Å². The standard InChI is InChI=1S/C21H28N2O6S/c1-15-6-8-17(9-7-15)29-13-12-22-21(24)16(2)23(30(5,25)26)19-14-18(27-3)10-11-20(19)28-4/h6-11,14,16H,12-13H2,1-5H3,(H,22,24)/t16-/m1/s1. The molecule has 0 saturated heterocycles. The number of amides is 1. The number of nitrogens with one attached hydrogen (secondary N) is 1. The summed E-state index contributed by atoms with van der Waals surface area (Å²) in [5, 5.41) is 2.71. The first-order valence-corrected chi connectivity index (χ1v) is 11.2. The van der Waals surface area contributed by atoms with Crippen LogP contribution in [0.4, 0.5) is 5.69 Å². The smallest absolute Gasteiger partial charge is 0.243 e. The van der Waals surface area contributed by atoms with E-state index in [2.05, 4.69) is 5.32 Å². The Labute approximate surface area is 177 Å². The SMILES string of the molecule is COc1ccc(OC)c(N([C@H](C)C(=O)NCCOc2ccc(C)cc2)S(C)(=O)=O)c1. The predicted molar refractivity (Wildman–Crippen MR) is 116 cm³/mol. The lowest BCUT2D eigenvalue weighted by atomic mass is 10.2. The Kier molecular flexibility index (Phi) is 7.93. The maximum Gasteiger partial charge on any atom is 0.243 e. The molecule has 0 fully saturated rings. The molecule has 2 aromatic rings. The van der Waals surface area contributed by atoms with Gasteiger partial charge in [-0.3, -0.25) is 9.10 Å². The van der Waals surface area contributed by atoms with Gasteiger partial charge in [-0.1, -0.05) is 17.7 Å². The molecule has 0 saturated carbocycles. The van der Waals surface area contributed by atoms with E-state index in [0.29, 0.717) is 17.2 Å². The summed E-state index contributed by atoms with van der Waals surface area (Å²) in [5.41, 5.74) is 1.34. The van der Waals surface area contributed by atoms with E-state index in [0.717, 1.165) is 16.1 Å². The fourth-order valence-corrected chi connectivity index (χ4v) is 4.05. The Morgan fingerprint density at radius 1 is 1.07 bits per heavy atom. The van der Waals surface area contributed by atoms with Gasteiger partial charge < -0.3 is 19.5 Å². The van der Waals surface area contributed by atoms with E-state index >= 15 is 0 Å². The van der Waals surface area contributed by atoms with E-state index in [1.165, 1.54) is 27.2 Å². The van der Waals surface area contributed by atoms with Crippen LogP contribution in [0.15, 0.2) is 42.5 Å². The fourth-order valence-electron chi connectivity index (χ4n) is 2.88. The molecule has 0 aromatic heterocycles. The van der Waals surface area contributed by atoms with Crippen LogP contribution >= 0.6 is 0 Å². The van der Waals surface area contributed by atoms with E-state index in [-0.39, 0.29) is 18.8 Å². The van der Waals surface area contributed by atoms with Gasteiger partial charge in [0.25, 0.3) is 0 Å². The van der Waals surface area contributed by atoms with Crippen molar-refractivity contribution >= 4 is 21.6 Å². The van der Waals surface area contributed by atoms with Gasteiger partial charge in [0.2, 0.25) is 15.9 Å². The van der Waals surface area contributed by atoms with Crippen molar-refractivity contribution in [1.82, 2.24) is 5.32 Å². The highest BCUT2D eigenvalue weighted by molar-refractivity contribution is 7.92. The molecule has 0 aliphatic rings. The monoisotopic (exact) mass is 436 g/mol. The summed E-state index contributed by atoms with van der Waals surface area (Å²) in [6.45, 7) is 3.97. The van der Waals surface area contributed by atoms with Crippen LogP contribution < -0.4 is 23.8 Å². The zero-order valence-corrected chi connectivity index (χ0v) is 18.7. The molecule has 0 unspecified atom stereocenters. The minimum Gasteiger partial charge on any atom is -0.497 e. The highest BCUT2D eigenvalue weighted by atomic mass is 32.2. The van der Waals surface area contributed by atoms with Gasteiger partial charge in [-0.15, -0.1) is 0 Å². The topological polar surface area (TPSA) is 94.2 Å². The molecule has 0 aliphatic carbocycles. The average molecular weight is 437 g/mol. The first-order valence-electron chi connectivity index (χ1n) is 9.36. The lowest BCUT2D eigenvalue weighted by Gasteiger charge is -2.29. The minimum atomic E-state index is -3.79. The van der Waals surface area contributed by atoms with Crippen LogP contribution in [-0.2, 0) is 14.8 Å². The van der Waals surface area contributed by atoms with Gasteiger partial charge in [0.1, 0.15) is 29.9 Å². The van der Waals surface area contributed by atoms with Crippen molar-refractivity contribution in [2.24, 2.45) is 0 Å². The van der Waals surface area contributed by atoms with Crippen molar-refractivity contribution in [2.75, 3.05) is 37.9 Å². The van der Waals surface area contributed by atoms with Crippen molar-refractivity contribution < 1.29 is 27.4 Å². The number of nitrogens with zero attached hydrogens (tertiary/aromatic N) is 1. The van der Waals surface area contributed by atoms with Gasteiger partial charge in [0.05, 0.1) is 32.7 Å². The second-order valence-electron chi connectivity index (χ2n) is 6.73. The third kappa shape index (κ3) is 6.03. The number of carbonyl (C=O) groups is 1. The summed E-state index contributed by atoms with van der Waals surface area (Å²) >= 11 is 0. The predicted octanol–water partition coefficient (Wildman–Crippen LogP) is 2.36. The Bertz CT molecular complexity index is 960. The zero-order chi connectivity index (χ0) is 22.3. The third-order valence-electron chi connectivity index (χ3n) is 4.40. The molecular formula is C21H28N2O6S. The molecule has 8 nitrogen and oxygen atoms in total. The average Bonchev–Trinajstić information content (AvgIpc) is 2.71. The van der Waals surface area contributed by atoms with Crippen molar-refractivity contribution in [2.45, 2.75) is 19.9 Å². The number of ether oxygens (including phenoxy) is 3. The molecule has 164 valence electrons. The Balaban J connectivity index is 2.10. The van der Waals surface area contributed by atoms with E-state index in [1.54, 1.807) is 12.1 Å². The van der Waals surface area contributed by atoms with Crippen LogP contribution in [-0.4, -0.2) is 54.0 Å². The quantitative estimate of drug-likeness (QED) is 0.575. The Morgan fingerprint density at radius 2 is 1.70 bits per heavy atom. The van der Waals surface area contributed by atoms with Gasteiger partial charge in [0.15, 0.2) is 0 Å². The number of anilines is 1. The molecule has 0 radical (unpaired) electrons. The number of benzene rings is 2. The molecule has 1 amide bonds. The van der Waals surface area contributed by atoms with Crippen molar-refractivity contribution in [1.29, 1.82) is 0 Å².